The van der Waals surface area contributed by atoms with Gasteiger partial charge in [-0.3, -0.25) is 4.79 Å². The van der Waals surface area contributed by atoms with Crippen molar-refractivity contribution in [2.45, 2.75) is 32.1 Å². The average molecular weight is 230 g/mol. The SMILES string of the molecule is COc1ccccc1CC1=CC(=O)CCCC1. The van der Waals surface area contributed by atoms with Crippen molar-refractivity contribution in [2.24, 2.45) is 0 Å². The monoisotopic (exact) mass is 230 g/mol. The van der Waals surface area contributed by atoms with E-state index in [4.69, 9.17) is 4.74 Å². The normalized spacial score (nSPS) is 16.3. The van der Waals surface area contributed by atoms with Gasteiger partial charge in [0.1, 0.15) is 5.75 Å². The molecule has 0 heterocycles. The van der Waals surface area contributed by atoms with Crippen LogP contribution in [-0.2, 0) is 11.2 Å². The van der Waals surface area contributed by atoms with Crippen LogP contribution in [0.1, 0.15) is 31.2 Å². The Hall–Kier alpha value is -1.57. The highest BCUT2D eigenvalue weighted by molar-refractivity contribution is 5.90. The van der Waals surface area contributed by atoms with Crippen molar-refractivity contribution in [1.82, 2.24) is 0 Å². The summed E-state index contributed by atoms with van der Waals surface area (Å²) in [5.74, 6) is 1.18. The van der Waals surface area contributed by atoms with Crippen LogP contribution in [0.4, 0.5) is 0 Å². The fraction of sp³-hybridized carbons (Fsp3) is 0.400. The Balaban J connectivity index is 2.16. The highest BCUT2D eigenvalue weighted by atomic mass is 16.5. The number of carbonyl (C=O) groups is 1. The Kier molecular flexibility index (Phi) is 3.97. The van der Waals surface area contributed by atoms with Crippen LogP contribution in [0.15, 0.2) is 35.9 Å². The maximum absolute atomic E-state index is 11.5. The molecule has 0 saturated heterocycles. The van der Waals surface area contributed by atoms with E-state index in [1.54, 1.807) is 7.11 Å². The van der Waals surface area contributed by atoms with Crippen LogP contribution in [0.3, 0.4) is 0 Å². The second kappa shape index (κ2) is 5.67. The van der Waals surface area contributed by atoms with Crippen LogP contribution in [0.2, 0.25) is 0 Å². The summed E-state index contributed by atoms with van der Waals surface area (Å²) < 4.78 is 5.33. The van der Waals surface area contributed by atoms with Crippen LogP contribution in [0, 0.1) is 0 Å². The maximum atomic E-state index is 11.5. The van der Waals surface area contributed by atoms with Crippen molar-refractivity contribution >= 4 is 5.78 Å². The van der Waals surface area contributed by atoms with Crippen molar-refractivity contribution in [2.75, 3.05) is 7.11 Å². The summed E-state index contributed by atoms with van der Waals surface area (Å²) in [6, 6.07) is 8.01. The molecule has 2 nitrogen and oxygen atoms in total. The van der Waals surface area contributed by atoms with Crippen LogP contribution < -0.4 is 4.74 Å². The average Bonchev–Trinajstić information content (AvgIpc) is 2.54. The molecule has 0 spiro atoms. The number of carbonyl (C=O) groups excluding carboxylic acids is 1. The van der Waals surface area contributed by atoms with Gasteiger partial charge < -0.3 is 4.74 Å². The van der Waals surface area contributed by atoms with Gasteiger partial charge >= 0.3 is 0 Å². The first kappa shape index (κ1) is 11.9. The second-order valence-corrected chi connectivity index (χ2v) is 4.46. The minimum atomic E-state index is 0.271. The zero-order chi connectivity index (χ0) is 12.1. The molecule has 0 atom stereocenters. The third-order valence-electron chi connectivity index (χ3n) is 3.15. The number of ketones is 1. The second-order valence-electron chi connectivity index (χ2n) is 4.46. The number of ether oxygens (including phenoxy) is 1. The van der Waals surface area contributed by atoms with Gasteiger partial charge in [-0.25, -0.2) is 0 Å². The van der Waals surface area contributed by atoms with Crippen molar-refractivity contribution in [3.63, 3.8) is 0 Å². The quantitative estimate of drug-likeness (QED) is 0.796. The van der Waals surface area contributed by atoms with E-state index in [0.717, 1.165) is 37.0 Å². The molecule has 2 rings (SSSR count). The van der Waals surface area contributed by atoms with Crippen LogP contribution in [0.25, 0.3) is 0 Å². The van der Waals surface area contributed by atoms with Crippen LogP contribution >= 0.6 is 0 Å². The number of methoxy groups -OCH3 is 1. The molecule has 2 heteroatoms. The lowest BCUT2D eigenvalue weighted by molar-refractivity contribution is -0.114. The molecule has 0 fully saturated rings. The molecular formula is C15H18O2. The first-order valence-corrected chi connectivity index (χ1v) is 6.14. The van der Waals surface area contributed by atoms with Gasteiger partial charge in [-0.05, 0) is 43.4 Å². The summed E-state index contributed by atoms with van der Waals surface area (Å²) in [5, 5.41) is 0. The van der Waals surface area contributed by atoms with Crippen LogP contribution in [-0.4, -0.2) is 12.9 Å². The molecule has 17 heavy (non-hydrogen) atoms. The molecule has 0 aliphatic heterocycles. The Morgan fingerprint density at radius 3 is 2.76 bits per heavy atom. The van der Waals surface area contributed by atoms with Gasteiger partial charge in [-0.1, -0.05) is 23.8 Å². The number of benzene rings is 1. The Labute approximate surface area is 102 Å². The lowest BCUT2D eigenvalue weighted by Gasteiger charge is -2.09. The van der Waals surface area contributed by atoms with Crippen molar-refractivity contribution in [3.8, 4) is 5.75 Å². The highest BCUT2D eigenvalue weighted by Gasteiger charge is 2.10. The van der Waals surface area contributed by atoms with Gasteiger partial charge in [0.2, 0.25) is 0 Å². The first-order chi connectivity index (χ1) is 8.29. The molecule has 0 saturated carbocycles. The molecule has 1 aliphatic rings. The first-order valence-electron chi connectivity index (χ1n) is 6.14. The van der Waals surface area contributed by atoms with Gasteiger partial charge in [0, 0.05) is 6.42 Å². The van der Waals surface area contributed by atoms with Gasteiger partial charge in [0.15, 0.2) is 5.78 Å². The van der Waals surface area contributed by atoms with Crippen molar-refractivity contribution in [3.05, 3.63) is 41.5 Å². The van der Waals surface area contributed by atoms with Crippen LogP contribution in [0.5, 0.6) is 5.75 Å². The molecule has 0 unspecified atom stereocenters. The molecule has 1 aliphatic carbocycles. The topological polar surface area (TPSA) is 26.3 Å². The predicted octanol–water partition coefficient (Wildman–Crippen LogP) is 3.31. The number of hydrogen-bond acceptors (Lipinski definition) is 2. The van der Waals surface area contributed by atoms with E-state index in [1.165, 1.54) is 5.57 Å². The smallest absolute Gasteiger partial charge is 0.155 e. The number of hydrogen-bond donors (Lipinski definition) is 0. The maximum Gasteiger partial charge on any atom is 0.155 e. The Morgan fingerprint density at radius 2 is 1.94 bits per heavy atom. The number of allylic oxidation sites excluding steroid dienone is 2. The van der Waals surface area contributed by atoms with Gasteiger partial charge in [0.25, 0.3) is 0 Å². The fourth-order valence-corrected chi connectivity index (χ4v) is 2.26. The molecule has 0 bridgehead atoms. The minimum Gasteiger partial charge on any atom is -0.496 e. The van der Waals surface area contributed by atoms with Gasteiger partial charge in [-0.2, -0.15) is 0 Å². The van der Waals surface area contributed by atoms with E-state index in [2.05, 4.69) is 6.07 Å². The zero-order valence-electron chi connectivity index (χ0n) is 10.2. The largest absolute Gasteiger partial charge is 0.496 e. The molecule has 0 aromatic heterocycles. The molecule has 1 aromatic carbocycles. The van der Waals surface area contributed by atoms with E-state index >= 15 is 0 Å². The van der Waals surface area contributed by atoms with Crippen molar-refractivity contribution in [1.29, 1.82) is 0 Å². The van der Waals surface area contributed by atoms with E-state index in [-0.39, 0.29) is 5.78 Å². The third kappa shape index (κ3) is 3.19. The van der Waals surface area contributed by atoms with E-state index < -0.39 is 0 Å². The molecule has 0 N–H and O–H groups in total. The lowest BCUT2D eigenvalue weighted by Crippen LogP contribution is -1.96. The summed E-state index contributed by atoms with van der Waals surface area (Å²) in [7, 11) is 1.69. The molecular weight excluding hydrogens is 212 g/mol. The Morgan fingerprint density at radius 1 is 1.18 bits per heavy atom. The summed E-state index contributed by atoms with van der Waals surface area (Å²) in [4.78, 5) is 11.5. The van der Waals surface area contributed by atoms with E-state index in [9.17, 15) is 4.79 Å². The summed E-state index contributed by atoms with van der Waals surface area (Å²) in [5.41, 5.74) is 2.40. The third-order valence-corrected chi connectivity index (χ3v) is 3.15. The lowest BCUT2D eigenvalue weighted by atomic mass is 10.0. The fourth-order valence-electron chi connectivity index (χ4n) is 2.26. The molecule has 0 amide bonds. The van der Waals surface area contributed by atoms with E-state index in [0.29, 0.717) is 6.42 Å². The van der Waals surface area contributed by atoms with Crippen molar-refractivity contribution < 1.29 is 9.53 Å². The highest BCUT2D eigenvalue weighted by Crippen LogP contribution is 2.24. The zero-order valence-corrected chi connectivity index (χ0v) is 10.2. The summed E-state index contributed by atoms with van der Waals surface area (Å²) >= 11 is 0. The molecule has 90 valence electrons. The molecule has 1 aromatic rings. The number of rotatable bonds is 3. The standard InChI is InChI=1S/C15H18O2/c1-17-15-9-5-3-7-13(15)10-12-6-2-4-8-14(16)11-12/h3,5,7,9,11H,2,4,6,8,10H2,1H3. The summed E-state index contributed by atoms with van der Waals surface area (Å²) in [6.07, 6.45) is 6.53. The Bertz CT molecular complexity index is 432. The van der Waals surface area contributed by atoms with E-state index in [1.807, 2.05) is 24.3 Å². The predicted molar refractivity (Wildman–Crippen MR) is 68.3 cm³/mol. The molecule has 0 radical (unpaired) electrons. The summed E-state index contributed by atoms with van der Waals surface area (Å²) in [6.45, 7) is 0. The van der Waals surface area contributed by atoms with Gasteiger partial charge in [-0.15, -0.1) is 0 Å². The minimum absolute atomic E-state index is 0.271. The number of para-hydroxylation sites is 1. The van der Waals surface area contributed by atoms with Gasteiger partial charge in [0.05, 0.1) is 7.11 Å².